The molecule has 2 heterocycles. The van der Waals surface area contributed by atoms with E-state index in [1.807, 2.05) is 31.2 Å². The molecule has 1 aliphatic rings. The molecule has 0 bridgehead atoms. The maximum atomic E-state index is 13.0. The van der Waals surface area contributed by atoms with Crippen LogP contribution in [0.1, 0.15) is 41.6 Å². The molecule has 9 heteroatoms. The molecular weight excluding hydrogens is 432 g/mol. The fraction of sp³-hybridized carbons (Fsp3) is 0.318. The van der Waals surface area contributed by atoms with Gasteiger partial charge in [0.05, 0.1) is 4.90 Å². The Morgan fingerprint density at radius 3 is 2.42 bits per heavy atom. The predicted octanol–water partition coefficient (Wildman–Crippen LogP) is 4.33. The Morgan fingerprint density at radius 1 is 1.00 bits per heavy atom. The van der Waals surface area contributed by atoms with E-state index in [9.17, 15) is 13.2 Å². The smallest absolute Gasteiger partial charge is 0.257 e. The number of rotatable bonds is 5. The van der Waals surface area contributed by atoms with E-state index in [0.29, 0.717) is 23.2 Å². The molecule has 0 saturated carbocycles. The molecule has 1 fully saturated rings. The van der Waals surface area contributed by atoms with Gasteiger partial charge in [-0.1, -0.05) is 60.1 Å². The van der Waals surface area contributed by atoms with Gasteiger partial charge in [0.1, 0.15) is 5.01 Å². The number of anilines is 1. The highest BCUT2D eigenvalue weighted by molar-refractivity contribution is 7.89. The van der Waals surface area contributed by atoms with Crippen molar-refractivity contribution in [2.24, 2.45) is 0 Å². The average Bonchev–Trinajstić information content (AvgIpc) is 3.05. The number of hydrogen-bond donors (Lipinski definition) is 1. The fourth-order valence-electron chi connectivity index (χ4n) is 3.48. The molecule has 3 aromatic rings. The van der Waals surface area contributed by atoms with Gasteiger partial charge in [-0.15, -0.1) is 10.2 Å². The van der Waals surface area contributed by atoms with Crippen LogP contribution in [0.5, 0.6) is 0 Å². The first kappa shape index (κ1) is 21.6. The van der Waals surface area contributed by atoms with E-state index >= 15 is 0 Å². The molecule has 1 saturated heterocycles. The zero-order chi connectivity index (χ0) is 21.8. The summed E-state index contributed by atoms with van der Waals surface area (Å²) < 4.78 is 27.6. The standard InChI is InChI=1S/C22H24N4O3S2/c1-16-9-11-17(12-10-16)21-24-25-22(30-21)23-20(27)18-7-6-8-19(15-18)31(28,29)26-13-4-2-3-5-14-26/h6-12,15H,2-5,13-14H2,1H3,(H,23,25,27). The first-order valence-corrected chi connectivity index (χ1v) is 12.5. The van der Waals surface area contributed by atoms with Gasteiger partial charge in [-0.3, -0.25) is 10.1 Å². The topological polar surface area (TPSA) is 92.3 Å². The number of carbonyl (C=O) groups excluding carboxylic acids is 1. The molecule has 0 spiro atoms. The van der Waals surface area contributed by atoms with Crippen molar-refractivity contribution in [3.05, 3.63) is 59.7 Å². The van der Waals surface area contributed by atoms with Crippen LogP contribution in [-0.4, -0.2) is 41.9 Å². The summed E-state index contributed by atoms with van der Waals surface area (Å²) in [6.45, 7) is 3.05. The van der Waals surface area contributed by atoms with E-state index in [2.05, 4.69) is 15.5 Å². The van der Waals surface area contributed by atoms with Crippen molar-refractivity contribution in [1.82, 2.24) is 14.5 Å². The summed E-state index contributed by atoms with van der Waals surface area (Å²) in [7, 11) is -3.62. The second kappa shape index (κ2) is 9.25. The van der Waals surface area contributed by atoms with E-state index in [-0.39, 0.29) is 10.5 Å². The Hall–Kier alpha value is -2.62. The molecule has 0 unspecified atom stereocenters. The Morgan fingerprint density at radius 2 is 1.71 bits per heavy atom. The zero-order valence-corrected chi connectivity index (χ0v) is 18.9. The molecule has 7 nitrogen and oxygen atoms in total. The predicted molar refractivity (Wildman–Crippen MR) is 122 cm³/mol. The van der Waals surface area contributed by atoms with Crippen LogP contribution >= 0.6 is 11.3 Å². The van der Waals surface area contributed by atoms with Gasteiger partial charge in [-0.2, -0.15) is 4.31 Å². The number of aryl methyl sites for hydroxylation is 1. The van der Waals surface area contributed by atoms with Gasteiger partial charge in [-0.25, -0.2) is 8.42 Å². The molecule has 31 heavy (non-hydrogen) atoms. The molecule has 1 aromatic heterocycles. The summed E-state index contributed by atoms with van der Waals surface area (Å²) in [5, 5.41) is 12.0. The number of sulfonamides is 1. The van der Waals surface area contributed by atoms with Crippen molar-refractivity contribution in [2.45, 2.75) is 37.5 Å². The van der Waals surface area contributed by atoms with Crippen LogP contribution in [0.3, 0.4) is 0 Å². The maximum absolute atomic E-state index is 13.0. The van der Waals surface area contributed by atoms with Crippen molar-refractivity contribution in [3.63, 3.8) is 0 Å². The van der Waals surface area contributed by atoms with Crippen LogP contribution in [0.25, 0.3) is 10.6 Å². The average molecular weight is 457 g/mol. The zero-order valence-electron chi connectivity index (χ0n) is 17.2. The molecule has 0 aliphatic carbocycles. The Kier molecular flexibility index (Phi) is 6.45. The molecule has 1 amide bonds. The lowest BCUT2D eigenvalue weighted by molar-refractivity contribution is 0.102. The maximum Gasteiger partial charge on any atom is 0.257 e. The van der Waals surface area contributed by atoms with Gasteiger partial charge in [0.2, 0.25) is 15.2 Å². The van der Waals surface area contributed by atoms with Gasteiger partial charge >= 0.3 is 0 Å². The fourth-order valence-corrected chi connectivity index (χ4v) is 5.79. The third-order valence-electron chi connectivity index (χ3n) is 5.24. The third kappa shape index (κ3) is 5.00. The highest BCUT2D eigenvalue weighted by Gasteiger charge is 2.26. The van der Waals surface area contributed by atoms with Crippen LogP contribution in [0.2, 0.25) is 0 Å². The normalized spacial score (nSPS) is 15.4. The van der Waals surface area contributed by atoms with E-state index in [1.165, 1.54) is 27.8 Å². The van der Waals surface area contributed by atoms with Crippen LogP contribution in [0.4, 0.5) is 5.13 Å². The summed E-state index contributed by atoms with van der Waals surface area (Å²) in [6, 6.07) is 14.1. The molecule has 0 radical (unpaired) electrons. The van der Waals surface area contributed by atoms with E-state index in [4.69, 9.17) is 0 Å². The molecule has 162 valence electrons. The lowest BCUT2D eigenvalue weighted by Gasteiger charge is -2.20. The highest BCUT2D eigenvalue weighted by Crippen LogP contribution is 2.27. The number of nitrogens with zero attached hydrogens (tertiary/aromatic N) is 3. The van der Waals surface area contributed by atoms with E-state index in [1.54, 1.807) is 12.1 Å². The van der Waals surface area contributed by atoms with E-state index in [0.717, 1.165) is 36.8 Å². The van der Waals surface area contributed by atoms with Crippen molar-refractivity contribution >= 4 is 32.4 Å². The lowest BCUT2D eigenvalue weighted by Crippen LogP contribution is -2.32. The van der Waals surface area contributed by atoms with Crippen molar-refractivity contribution in [1.29, 1.82) is 0 Å². The van der Waals surface area contributed by atoms with Crippen LogP contribution in [-0.2, 0) is 10.0 Å². The molecule has 0 atom stereocenters. The minimum absolute atomic E-state index is 0.139. The summed E-state index contributed by atoms with van der Waals surface area (Å²) in [4.78, 5) is 12.9. The molecule has 1 N–H and O–H groups in total. The quantitative estimate of drug-likeness (QED) is 0.617. The monoisotopic (exact) mass is 456 g/mol. The first-order chi connectivity index (χ1) is 14.9. The van der Waals surface area contributed by atoms with Gasteiger partial charge in [0.15, 0.2) is 0 Å². The van der Waals surface area contributed by atoms with Gasteiger partial charge in [0.25, 0.3) is 5.91 Å². The number of aromatic nitrogens is 2. The Bertz CT molecular complexity index is 1170. The Labute approximate surface area is 186 Å². The molecule has 1 aliphatic heterocycles. The number of hydrogen-bond acceptors (Lipinski definition) is 6. The van der Waals surface area contributed by atoms with Gasteiger partial charge in [0, 0.05) is 24.2 Å². The number of nitrogens with one attached hydrogen (secondary N) is 1. The molecular formula is C22H24N4O3S2. The third-order valence-corrected chi connectivity index (χ3v) is 8.03. The van der Waals surface area contributed by atoms with Gasteiger partial charge < -0.3 is 0 Å². The summed E-state index contributed by atoms with van der Waals surface area (Å²) >= 11 is 1.27. The first-order valence-electron chi connectivity index (χ1n) is 10.3. The van der Waals surface area contributed by atoms with Gasteiger partial charge in [-0.05, 0) is 38.0 Å². The number of benzene rings is 2. The van der Waals surface area contributed by atoms with Crippen LogP contribution in [0, 0.1) is 6.92 Å². The largest absolute Gasteiger partial charge is 0.296 e. The van der Waals surface area contributed by atoms with Crippen molar-refractivity contribution in [3.8, 4) is 10.6 Å². The Balaban J connectivity index is 1.50. The minimum Gasteiger partial charge on any atom is -0.296 e. The summed E-state index contributed by atoms with van der Waals surface area (Å²) in [5.74, 6) is -0.417. The van der Waals surface area contributed by atoms with Crippen molar-refractivity contribution in [2.75, 3.05) is 18.4 Å². The SMILES string of the molecule is Cc1ccc(-c2nnc(NC(=O)c3cccc(S(=O)(=O)N4CCCCCC4)c3)s2)cc1. The minimum atomic E-state index is -3.62. The number of carbonyl (C=O) groups is 1. The molecule has 2 aromatic carbocycles. The second-order valence-corrected chi connectivity index (χ2v) is 10.5. The number of amides is 1. The van der Waals surface area contributed by atoms with Crippen LogP contribution < -0.4 is 5.32 Å². The molecule has 4 rings (SSSR count). The second-order valence-electron chi connectivity index (χ2n) is 7.58. The summed E-state index contributed by atoms with van der Waals surface area (Å²) in [6.07, 6.45) is 3.81. The lowest BCUT2D eigenvalue weighted by atomic mass is 10.2. The van der Waals surface area contributed by atoms with E-state index < -0.39 is 15.9 Å². The van der Waals surface area contributed by atoms with Crippen LogP contribution in [0.15, 0.2) is 53.4 Å². The highest BCUT2D eigenvalue weighted by atomic mass is 32.2. The summed E-state index contributed by atoms with van der Waals surface area (Å²) in [5.41, 5.74) is 2.34. The van der Waals surface area contributed by atoms with Crippen molar-refractivity contribution < 1.29 is 13.2 Å².